The molecule has 3 fully saturated rings. The average molecular weight is 636 g/mol. The SMILES string of the molecule is COc1cc(C2C3C(=O)N(C4=C(C(C)=O)C5CCC(C(C)(C)C)CC5S4)C(=O)C3ON2c2ccccc2)c([N+](=O)[O-])cc1OC. The lowest BCUT2D eigenvalue weighted by molar-refractivity contribution is -0.385. The van der Waals surface area contributed by atoms with Gasteiger partial charge in [-0.25, -0.2) is 9.96 Å². The molecule has 3 aliphatic heterocycles. The Balaban J connectivity index is 1.45. The van der Waals surface area contributed by atoms with Crippen LogP contribution in [0.1, 0.15) is 58.6 Å². The normalized spacial score (nSPS) is 28.0. The Hall–Kier alpha value is -3.90. The van der Waals surface area contributed by atoms with Crippen LogP contribution in [0.25, 0.3) is 0 Å². The number of hydrogen-bond acceptors (Lipinski definition) is 10. The van der Waals surface area contributed by atoms with Crippen molar-refractivity contribution in [3.05, 3.63) is 68.7 Å². The summed E-state index contributed by atoms with van der Waals surface area (Å²) in [6.45, 7) is 8.14. The number of nitro groups is 1. The molecule has 1 saturated carbocycles. The second-order valence-corrected chi connectivity index (χ2v) is 14.3. The number of fused-ring (bicyclic) bond motifs is 2. The number of anilines is 1. The summed E-state index contributed by atoms with van der Waals surface area (Å²) in [4.78, 5) is 61.1. The Kier molecular flexibility index (Phi) is 7.93. The summed E-state index contributed by atoms with van der Waals surface area (Å²) in [5.41, 5.74) is 0.967. The van der Waals surface area contributed by atoms with E-state index in [1.54, 1.807) is 24.3 Å². The lowest BCUT2D eigenvalue weighted by Crippen LogP contribution is -2.37. The molecule has 4 aliphatic rings. The summed E-state index contributed by atoms with van der Waals surface area (Å²) in [5.74, 6) is -1.63. The van der Waals surface area contributed by atoms with Gasteiger partial charge in [0.1, 0.15) is 12.0 Å². The zero-order valence-corrected chi connectivity index (χ0v) is 27.0. The van der Waals surface area contributed by atoms with Crippen molar-refractivity contribution >= 4 is 40.7 Å². The van der Waals surface area contributed by atoms with Gasteiger partial charge >= 0.3 is 0 Å². The van der Waals surface area contributed by atoms with Crippen LogP contribution in [0.5, 0.6) is 11.5 Å². The molecular weight excluding hydrogens is 598 g/mol. The summed E-state index contributed by atoms with van der Waals surface area (Å²) < 4.78 is 10.8. The Labute approximate surface area is 266 Å². The van der Waals surface area contributed by atoms with Gasteiger partial charge in [-0.05, 0) is 55.7 Å². The number of likely N-dealkylation sites (tertiary alicyclic amines) is 1. The number of Topliss-reactive ketones (excluding diaryl/α,β-unsaturated/α-hetero) is 1. The fourth-order valence-corrected chi connectivity index (χ4v) is 9.09. The van der Waals surface area contributed by atoms with Crippen LogP contribution in [0.15, 0.2) is 53.1 Å². The van der Waals surface area contributed by atoms with E-state index in [1.807, 2.05) is 6.07 Å². The summed E-state index contributed by atoms with van der Waals surface area (Å²) in [6.07, 6.45) is 1.39. The maximum absolute atomic E-state index is 14.5. The zero-order valence-electron chi connectivity index (χ0n) is 26.1. The van der Waals surface area contributed by atoms with Crippen molar-refractivity contribution in [1.29, 1.82) is 0 Å². The minimum absolute atomic E-state index is 0.0494. The number of allylic oxidation sites excluding steroid dienone is 1. The molecule has 12 heteroatoms. The summed E-state index contributed by atoms with van der Waals surface area (Å²) in [6, 6.07) is 10.5. The van der Waals surface area contributed by atoms with Crippen LogP contribution in [0, 0.1) is 33.3 Å². The van der Waals surface area contributed by atoms with Gasteiger partial charge in [0.05, 0.1) is 41.5 Å². The second-order valence-electron chi connectivity index (χ2n) is 13.1. The topological polar surface area (TPSA) is 129 Å². The number of hydrogen-bond donors (Lipinski definition) is 0. The number of carbonyl (C=O) groups excluding carboxylic acids is 3. The molecule has 6 unspecified atom stereocenters. The first kappa shape index (κ1) is 31.1. The number of imide groups is 1. The van der Waals surface area contributed by atoms with Gasteiger partial charge in [0.25, 0.3) is 11.6 Å². The van der Waals surface area contributed by atoms with E-state index in [2.05, 4.69) is 20.8 Å². The highest BCUT2D eigenvalue weighted by Gasteiger charge is 2.63. The van der Waals surface area contributed by atoms with E-state index in [0.717, 1.165) is 24.2 Å². The van der Waals surface area contributed by atoms with E-state index in [0.29, 0.717) is 22.2 Å². The number of ether oxygens (including phenoxy) is 2. The fourth-order valence-electron chi connectivity index (χ4n) is 7.33. The highest BCUT2D eigenvalue weighted by Crippen LogP contribution is 2.57. The van der Waals surface area contributed by atoms with Gasteiger partial charge in [0.2, 0.25) is 5.91 Å². The number of benzene rings is 2. The van der Waals surface area contributed by atoms with Gasteiger partial charge in [0.15, 0.2) is 23.4 Å². The number of nitrogens with zero attached hydrogens (tertiary/aromatic N) is 3. The van der Waals surface area contributed by atoms with E-state index in [4.69, 9.17) is 14.3 Å². The molecule has 0 spiro atoms. The average Bonchev–Trinajstić information content (AvgIpc) is 3.65. The van der Waals surface area contributed by atoms with Crippen LogP contribution in [0.4, 0.5) is 11.4 Å². The summed E-state index contributed by atoms with van der Waals surface area (Å²) in [7, 11) is 2.79. The molecule has 6 rings (SSSR count). The van der Waals surface area contributed by atoms with Crippen molar-refractivity contribution in [2.75, 3.05) is 19.3 Å². The number of methoxy groups -OCH3 is 2. The van der Waals surface area contributed by atoms with Crippen LogP contribution in [-0.2, 0) is 19.2 Å². The van der Waals surface area contributed by atoms with Crippen LogP contribution < -0.4 is 14.5 Å². The molecule has 11 nitrogen and oxygen atoms in total. The predicted molar refractivity (Wildman–Crippen MR) is 167 cm³/mol. The molecule has 2 aromatic rings. The number of para-hydroxylation sites is 1. The maximum Gasteiger partial charge on any atom is 0.278 e. The van der Waals surface area contributed by atoms with Crippen molar-refractivity contribution in [2.24, 2.45) is 23.2 Å². The van der Waals surface area contributed by atoms with E-state index >= 15 is 0 Å². The third-order valence-electron chi connectivity index (χ3n) is 9.64. The minimum Gasteiger partial charge on any atom is -0.493 e. The lowest BCUT2D eigenvalue weighted by atomic mass is 9.68. The quantitative estimate of drug-likeness (QED) is 0.208. The third kappa shape index (κ3) is 5.07. The molecule has 3 heterocycles. The van der Waals surface area contributed by atoms with Gasteiger partial charge in [-0.3, -0.25) is 29.3 Å². The Bertz CT molecular complexity index is 1600. The highest BCUT2D eigenvalue weighted by atomic mass is 32.2. The maximum atomic E-state index is 14.5. The van der Waals surface area contributed by atoms with Crippen LogP contribution in [0.2, 0.25) is 0 Å². The lowest BCUT2D eigenvalue weighted by Gasteiger charge is -2.39. The van der Waals surface area contributed by atoms with Gasteiger partial charge < -0.3 is 9.47 Å². The molecule has 6 atom stereocenters. The number of amides is 2. The van der Waals surface area contributed by atoms with E-state index in [1.165, 1.54) is 50.1 Å². The largest absolute Gasteiger partial charge is 0.493 e. The van der Waals surface area contributed by atoms with E-state index in [9.17, 15) is 24.5 Å². The smallest absolute Gasteiger partial charge is 0.278 e. The van der Waals surface area contributed by atoms with Crippen LogP contribution in [-0.4, -0.2) is 53.0 Å². The molecule has 2 saturated heterocycles. The van der Waals surface area contributed by atoms with Crippen molar-refractivity contribution < 1.29 is 33.6 Å². The summed E-state index contributed by atoms with van der Waals surface area (Å²) in [5, 5.41) is 14.3. The van der Waals surface area contributed by atoms with E-state index < -0.39 is 34.8 Å². The number of rotatable bonds is 7. The van der Waals surface area contributed by atoms with Gasteiger partial charge in [-0.2, -0.15) is 0 Å². The fraction of sp³-hybridized carbons (Fsp3) is 0.485. The predicted octanol–water partition coefficient (Wildman–Crippen LogP) is 5.84. The third-order valence-corrected chi connectivity index (χ3v) is 11.1. The Morgan fingerprint density at radius 3 is 2.31 bits per heavy atom. The van der Waals surface area contributed by atoms with E-state index in [-0.39, 0.29) is 45.1 Å². The molecule has 0 bridgehead atoms. The standard InChI is InChI=1S/C33H37N3O8S/c1-17(37)26-20-13-12-18(33(2,3)4)14-25(20)45-32(26)34-30(38)27-28(21-15-23(42-5)24(43-6)16-22(21)36(40)41)35(44-29(27)31(34)39)19-10-8-7-9-11-19/h7-11,15-16,18,20,25,27-29H,12-14H2,1-6H3. The van der Waals surface area contributed by atoms with Crippen molar-refractivity contribution in [3.8, 4) is 11.5 Å². The Morgan fingerprint density at radius 1 is 1.04 bits per heavy atom. The van der Waals surface area contributed by atoms with Crippen LogP contribution >= 0.6 is 11.8 Å². The summed E-state index contributed by atoms with van der Waals surface area (Å²) >= 11 is 1.44. The molecule has 1 aliphatic carbocycles. The minimum atomic E-state index is -1.25. The molecule has 0 N–H and O–H groups in total. The molecule has 45 heavy (non-hydrogen) atoms. The molecule has 2 amide bonds. The highest BCUT2D eigenvalue weighted by molar-refractivity contribution is 8.04. The van der Waals surface area contributed by atoms with Crippen molar-refractivity contribution in [3.63, 3.8) is 0 Å². The molecular formula is C33H37N3O8S. The Morgan fingerprint density at radius 2 is 1.71 bits per heavy atom. The van der Waals surface area contributed by atoms with Gasteiger partial charge in [0, 0.05) is 16.7 Å². The first-order valence-electron chi connectivity index (χ1n) is 15.1. The first-order valence-corrected chi connectivity index (χ1v) is 16.0. The van der Waals surface area contributed by atoms with Crippen LogP contribution in [0.3, 0.4) is 0 Å². The zero-order chi connectivity index (χ0) is 32.4. The number of hydroxylamine groups is 1. The second kappa shape index (κ2) is 11.5. The van der Waals surface area contributed by atoms with Gasteiger partial charge in [-0.15, -0.1) is 11.8 Å². The van der Waals surface area contributed by atoms with Gasteiger partial charge in [-0.1, -0.05) is 39.0 Å². The van der Waals surface area contributed by atoms with Crippen molar-refractivity contribution in [2.45, 2.75) is 64.4 Å². The molecule has 2 aromatic carbocycles. The molecule has 238 valence electrons. The number of nitro benzene ring substituents is 1. The molecule has 0 aromatic heterocycles. The van der Waals surface area contributed by atoms with Crippen molar-refractivity contribution in [1.82, 2.24) is 4.90 Å². The molecule has 0 radical (unpaired) electrons. The number of thioether (sulfide) groups is 1. The first-order chi connectivity index (χ1) is 21.4. The monoisotopic (exact) mass is 635 g/mol. The number of carbonyl (C=O) groups is 3. The number of ketones is 1.